The predicted octanol–water partition coefficient (Wildman–Crippen LogP) is 4.80. The standard InChI is InChI=1S/C18H26N2O5/c1-6-11-25-18(8-3)10-9-14(4)15(5)12-17(20(23)24)13-16(7-2)19(21)22/h8-10,12-13,15H,3,6-7,11H2,1-2,4-5H3/b14-9+,16-13+,17-12+,18-10+. The fourth-order valence-corrected chi connectivity index (χ4v) is 1.76. The molecule has 0 aliphatic carbocycles. The van der Waals surface area contributed by atoms with Gasteiger partial charge in [0.25, 0.3) is 11.4 Å². The van der Waals surface area contributed by atoms with Gasteiger partial charge in [-0.05, 0) is 25.5 Å². The molecule has 0 aromatic rings. The van der Waals surface area contributed by atoms with E-state index in [1.165, 1.54) is 6.08 Å². The average molecular weight is 350 g/mol. The molecule has 0 N–H and O–H groups in total. The maximum atomic E-state index is 11.2. The largest absolute Gasteiger partial charge is 0.494 e. The lowest BCUT2D eigenvalue weighted by Gasteiger charge is -2.07. The van der Waals surface area contributed by atoms with Crippen LogP contribution in [0.3, 0.4) is 0 Å². The molecule has 7 nitrogen and oxygen atoms in total. The van der Waals surface area contributed by atoms with Crippen LogP contribution < -0.4 is 0 Å². The highest BCUT2D eigenvalue weighted by Crippen LogP contribution is 2.17. The van der Waals surface area contributed by atoms with Gasteiger partial charge in [0.15, 0.2) is 0 Å². The number of hydrogen-bond donors (Lipinski definition) is 0. The maximum absolute atomic E-state index is 11.2. The minimum absolute atomic E-state index is 0.113. The van der Waals surface area contributed by atoms with E-state index in [1.54, 1.807) is 32.1 Å². The first kappa shape index (κ1) is 22.3. The maximum Gasteiger partial charge on any atom is 0.272 e. The lowest BCUT2D eigenvalue weighted by Crippen LogP contribution is -2.05. The van der Waals surface area contributed by atoms with Crippen LogP contribution in [-0.4, -0.2) is 16.5 Å². The second kappa shape index (κ2) is 11.8. The molecule has 0 fully saturated rings. The van der Waals surface area contributed by atoms with Crippen LogP contribution in [0.2, 0.25) is 0 Å². The van der Waals surface area contributed by atoms with E-state index < -0.39 is 9.85 Å². The van der Waals surface area contributed by atoms with E-state index in [9.17, 15) is 20.2 Å². The summed E-state index contributed by atoms with van der Waals surface area (Å²) in [6, 6.07) is 0. The highest BCUT2D eigenvalue weighted by Gasteiger charge is 2.17. The third kappa shape index (κ3) is 8.64. The molecule has 7 heteroatoms. The summed E-state index contributed by atoms with van der Waals surface area (Å²) in [5.41, 5.74) is 0.369. The Morgan fingerprint density at radius 1 is 1.20 bits per heavy atom. The van der Waals surface area contributed by atoms with E-state index in [1.807, 2.05) is 13.8 Å². The van der Waals surface area contributed by atoms with Crippen molar-refractivity contribution in [2.75, 3.05) is 6.61 Å². The monoisotopic (exact) mass is 350 g/mol. The highest BCUT2D eigenvalue weighted by molar-refractivity contribution is 5.24. The van der Waals surface area contributed by atoms with Crippen LogP contribution in [0.25, 0.3) is 0 Å². The van der Waals surface area contributed by atoms with E-state index >= 15 is 0 Å². The van der Waals surface area contributed by atoms with Crippen molar-refractivity contribution in [1.82, 2.24) is 0 Å². The van der Waals surface area contributed by atoms with Crippen LogP contribution >= 0.6 is 0 Å². The molecule has 0 saturated heterocycles. The molecule has 0 saturated carbocycles. The van der Waals surface area contributed by atoms with Crippen molar-refractivity contribution >= 4 is 0 Å². The van der Waals surface area contributed by atoms with Gasteiger partial charge in [0.2, 0.25) is 0 Å². The van der Waals surface area contributed by atoms with Gasteiger partial charge in [0, 0.05) is 18.4 Å². The van der Waals surface area contributed by atoms with Crippen molar-refractivity contribution in [3.05, 3.63) is 79.9 Å². The number of ether oxygens (including phenoxy) is 1. The summed E-state index contributed by atoms with van der Waals surface area (Å²) < 4.78 is 5.47. The van der Waals surface area contributed by atoms with E-state index in [-0.39, 0.29) is 23.7 Å². The van der Waals surface area contributed by atoms with Crippen molar-refractivity contribution in [2.24, 2.45) is 5.92 Å². The lowest BCUT2D eigenvalue weighted by atomic mass is 10.0. The minimum atomic E-state index is -0.613. The Kier molecular flexibility index (Phi) is 10.5. The van der Waals surface area contributed by atoms with Gasteiger partial charge in [0.1, 0.15) is 5.76 Å². The van der Waals surface area contributed by atoms with E-state index in [4.69, 9.17) is 4.74 Å². The van der Waals surface area contributed by atoms with Crippen LogP contribution in [0, 0.1) is 26.1 Å². The van der Waals surface area contributed by atoms with Gasteiger partial charge in [-0.2, -0.15) is 0 Å². The van der Waals surface area contributed by atoms with Crippen LogP contribution in [0.5, 0.6) is 0 Å². The van der Waals surface area contributed by atoms with Crippen molar-refractivity contribution < 1.29 is 14.6 Å². The number of rotatable bonds is 11. The van der Waals surface area contributed by atoms with Gasteiger partial charge in [-0.15, -0.1) is 0 Å². The predicted molar refractivity (Wildman–Crippen MR) is 97.9 cm³/mol. The summed E-state index contributed by atoms with van der Waals surface area (Å²) in [5.74, 6) is 0.350. The molecular weight excluding hydrogens is 324 g/mol. The third-order valence-corrected chi connectivity index (χ3v) is 3.45. The second-order valence-corrected chi connectivity index (χ2v) is 5.42. The lowest BCUT2D eigenvalue weighted by molar-refractivity contribution is -0.436. The first-order valence-electron chi connectivity index (χ1n) is 8.11. The second-order valence-electron chi connectivity index (χ2n) is 5.42. The first-order chi connectivity index (χ1) is 11.8. The Labute approximate surface area is 148 Å². The molecule has 0 aromatic heterocycles. The molecule has 0 aliphatic heterocycles. The molecular formula is C18H26N2O5. The van der Waals surface area contributed by atoms with Crippen LogP contribution in [0.1, 0.15) is 40.5 Å². The zero-order valence-corrected chi connectivity index (χ0v) is 15.2. The molecule has 25 heavy (non-hydrogen) atoms. The van der Waals surface area contributed by atoms with Gasteiger partial charge in [0.05, 0.1) is 22.5 Å². The first-order valence-corrected chi connectivity index (χ1v) is 8.11. The van der Waals surface area contributed by atoms with Crippen LogP contribution in [0.4, 0.5) is 0 Å². The normalized spacial score (nSPS) is 14.9. The van der Waals surface area contributed by atoms with Crippen molar-refractivity contribution in [3.8, 4) is 0 Å². The quantitative estimate of drug-likeness (QED) is 0.231. The van der Waals surface area contributed by atoms with Gasteiger partial charge < -0.3 is 4.74 Å². The molecule has 0 aromatic carbocycles. The zero-order valence-electron chi connectivity index (χ0n) is 15.2. The fraction of sp³-hybridized carbons (Fsp3) is 0.444. The Balaban J connectivity index is 5.48. The zero-order chi connectivity index (χ0) is 19.4. The van der Waals surface area contributed by atoms with Gasteiger partial charge in [-0.25, -0.2) is 0 Å². The Morgan fingerprint density at radius 2 is 1.84 bits per heavy atom. The molecule has 1 unspecified atom stereocenters. The number of hydrogen-bond acceptors (Lipinski definition) is 5. The molecule has 0 bridgehead atoms. The Bertz CT molecular complexity index is 615. The molecule has 0 amide bonds. The smallest absolute Gasteiger partial charge is 0.272 e. The molecule has 0 spiro atoms. The summed E-state index contributed by atoms with van der Waals surface area (Å²) in [5, 5.41) is 22.0. The van der Waals surface area contributed by atoms with Crippen molar-refractivity contribution in [2.45, 2.75) is 40.5 Å². The average Bonchev–Trinajstić information content (AvgIpc) is 2.57. The number of nitrogens with zero attached hydrogens (tertiary/aromatic N) is 2. The number of nitro groups is 2. The summed E-state index contributed by atoms with van der Waals surface area (Å²) >= 11 is 0. The summed E-state index contributed by atoms with van der Waals surface area (Å²) in [6.07, 6.45) is 8.54. The molecule has 0 rings (SSSR count). The van der Waals surface area contributed by atoms with E-state index in [0.29, 0.717) is 12.4 Å². The molecule has 0 aliphatic rings. The van der Waals surface area contributed by atoms with Gasteiger partial charge in [-0.3, -0.25) is 20.2 Å². The van der Waals surface area contributed by atoms with Crippen LogP contribution in [0.15, 0.2) is 59.7 Å². The van der Waals surface area contributed by atoms with Crippen molar-refractivity contribution in [1.29, 1.82) is 0 Å². The number of allylic oxidation sites excluding steroid dienone is 7. The Morgan fingerprint density at radius 3 is 2.28 bits per heavy atom. The summed E-state index contributed by atoms with van der Waals surface area (Å²) in [4.78, 5) is 20.8. The van der Waals surface area contributed by atoms with Gasteiger partial charge >= 0.3 is 0 Å². The van der Waals surface area contributed by atoms with Crippen LogP contribution in [-0.2, 0) is 4.74 Å². The summed E-state index contributed by atoms with van der Waals surface area (Å²) in [7, 11) is 0. The SMILES string of the molecule is C=C/C(=C\C=C(/C)C(C)/C=C(\C=C(/CC)[N+](=O)[O-])[N+](=O)[O-])OCCC. The molecule has 0 radical (unpaired) electrons. The minimum Gasteiger partial charge on any atom is -0.494 e. The van der Waals surface area contributed by atoms with Crippen molar-refractivity contribution in [3.63, 3.8) is 0 Å². The Hall–Kier alpha value is -2.70. The van der Waals surface area contributed by atoms with E-state index in [2.05, 4.69) is 6.58 Å². The molecule has 138 valence electrons. The third-order valence-electron chi connectivity index (χ3n) is 3.45. The summed E-state index contributed by atoms with van der Waals surface area (Å²) in [6.45, 7) is 11.4. The highest BCUT2D eigenvalue weighted by atomic mass is 16.6. The van der Waals surface area contributed by atoms with Gasteiger partial charge in [-0.1, -0.05) is 39.0 Å². The molecule has 1 atom stereocenters. The van der Waals surface area contributed by atoms with E-state index in [0.717, 1.165) is 18.1 Å². The fourth-order valence-electron chi connectivity index (χ4n) is 1.76. The molecule has 0 heterocycles. The topological polar surface area (TPSA) is 95.5 Å².